The van der Waals surface area contributed by atoms with Crippen LogP contribution in [-0.4, -0.2) is 23.1 Å². The van der Waals surface area contributed by atoms with Crippen LogP contribution in [0.25, 0.3) is 0 Å². The summed E-state index contributed by atoms with van der Waals surface area (Å²) < 4.78 is 0. The zero-order chi connectivity index (χ0) is 8.10. The molecule has 1 aromatic heterocycles. The summed E-state index contributed by atoms with van der Waals surface area (Å²) in [7, 11) is 0. The Bertz CT molecular complexity index is 228. The lowest BCUT2D eigenvalue weighted by atomic mass is 10.5. The van der Waals surface area contributed by atoms with Gasteiger partial charge in [0.15, 0.2) is 0 Å². The highest BCUT2D eigenvalue weighted by Gasteiger charge is 1.92. The van der Waals surface area contributed by atoms with Gasteiger partial charge >= 0.3 is 0 Å². The first-order chi connectivity index (χ1) is 5.33. The Hall–Kier alpha value is -0.870. The van der Waals surface area contributed by atoms with Crippen molar-refractivity contribution in [1.29, 1.82) is 0 Å². The SMILES string of the molecule is NCCNc1cc(Cl)ncn1. The third-order valence-corrected chi connectivity index (χ3v) is 1.29. The predicted octanol–water partition coefficient (Wildman–Crippen LogP) is 0.501. The van der Waals surface area contributed by atoms with Gasteiger partial charge in [0.25, 0.3) is 0 Å². The first-order valence-electron chi connectivity index (χ1n) is 3.24. The maximum atomic E-state index is 5.60. The summed E-state index contributed by atoms with van der Waals surface area (Å²) in [4.78, 5) is 7.65. The molecule has 0 spiro atoms. The molecule has 0 atom stereocenters. The third kappa shape index (κ3) is 2.69. The van der Waals surface area contributed by atoms with E-state index in [-0.39, 0.29) is 0 Å². The summed E-state index contributed by atoms with van der Waals surface area (Å²) in [5.41, 5.74) is 5.28. The second kappa shape index (κ2) is 4.10. The number of nitrogens with zero attached hydrogens (tertiary/aromatic N) is 2. The molecular formula is C6H9ClN4. The molecule has 3 N–H and O–H groups in total. The maximum absolute atomic E-state index is 5.60. The molecule has 60 valence electrons. The molecule has 0 saturated heterocycles. The number of rotatable bonds is 3. The normalized spacial score (nSPS) is 9.64. The Morgan fingerprint density at radius 2 is 2.36 bits per heavy atom. The molecule has 1 aromatic rings. The van der Waals surface area contributed by atoms with Crippen molar-refractivity contribution in [3.63, 3.8) is 0 Å². The fourth-order valence-electron chi connectivity index (χ4n) is 0.630. The van der Waals surface area contributed by atoms with Gasteiger partial charge in [-0.2, -0.15) is 0 Å². The van der Waals surface area contributed by atoms with Crippen LogP contribution in [0.3, 0.4) is 0 Å². The molecular weight excluding hydrogens is 164 g/mol. The Kier molecular flexibility index (Phi) is 3.07. The minimum atomic E-state index is 0.430. The van der Waals surface area contributed by atoms with E-state index >= 15 is 0 Å². The van der Waals surface area contributed by atoms with Gasteiger partial charge in [0.1, 0.15) is 17.3 Å². The molecule has 0 fully saturated rings. The van der Waals surface area contributed by atoms with Crippen LogP contribution in [-0.2, 0) is 0 Å². The fourth-order valence-corrected chi connectivity index (χ4v) is 0.777. The summed E-state index contributed by atoms with van der Waals surface area (Å²) in [6.07, 6.45) is 1.40. The summed E-state index contributed by atoms with van der Waals surface area (Å²) in [6, 6.07) is 1.65. The average Bonchev–Trinajstić information content (AvgIpc) is 2.01. The Morgan fingerprint density at radius 1 is 1.55 bits per heavy atom. The predicted molar refractivity (Wildman–Crippen MR) is 44.6 cm³/mol. The molecule has 5 heteroatoms. The van der Waals surface area contributed by atoms with E-state index in [0.29, 0.717) is 24.1 Å². The molecule has 0 aliphatic rings. The van der Waals surface area contributed by atoms with Gasteiger partial charge in [0.05, 0.1) is 0 Å². The fraction of sp³-hybridized carbons (Fsp3) is 0.333. The van der Waals surface area contributed by atoms with Crippen LogP contribution >= 0.6 is 11.6 Å². The largest absolute Gasteiger partial charge is 0.369 e. The molecule has 0 unspecified atom stereocenters. The lowest BCUT2D eigenvalue weighted by molar-refractivity contribution is 1.00. The van der Waals surface area contributed by atoms with Gasteiger partial charge in [-0.15, -0.1) is 0 Å². The molecule has 11 heavy (non-hydrogen) atoms. The Labute approximate surface area is 69.8 Å². The molecule has 0 saturated carbocycles. The minimum absolute atomic E-state index is 0.430. The Balaban J connectivity index is 2.56. The standard InChI is InChI=1S/C6H9ClN4/c7-5-3-6(9-2-1-8)11-4-10-5/h3-4H,1-2,8H2,(H,9,10,11). The number of halogens is 1. The van der Waals surface area contributed by atoms with Crippen LogP contribution in [0.5, 0.6) is 0 Å². The summed E-state index contributed by atoms with van der Waals surface area (Å²) in [5.74, 6) is 0.704. The van der Waals surface area contributed by atoms with Crippen molar-refractivity contribution in [2.75, 3.05) is 18.4 Å². The van der Waals surface area contributed by atoms with Crippen LogP contribution in [0.2, 0.25) is 5.15 Å². The van der Waals surface area contributed by atoms with Gasteiger partial charge in [-0.1, -0.05) is 11.6 Å². The first-order valence-corrected chi connectivity index (χ1v) is 3.62. The van der Waals surface area contributed by atoms with Crippen molar-refractivity contribution in [1.82, 2.24) is 9.97 Å². The lowest BCUT2D eigenvalue weighted by Gasteiger charge is -2.01. The van der Waals surface area contributed by atoms with Gasteiger partial charge in [0.2, 0.25) is 0 Å². The van der Waals surface area contributed by atoms with E-state index in [9.17, 15) is 0 Å². The van der Waals surface area contributed by atoms with Gasteiger partial charge in [-0.25, -0.2) is 9.97 Å². The van der Waals surface area contributed by atoms with Crippen LogP contribution in [0.1, 0.15) is 0 Å². The van der Waals surface area contributed by atoms with Crippen molar-refractivity contribution in [3.8, 4) is 0 Å². The van der Waals surface area contributed by atoms with E-state index < -0.39 is 0 Å². The van der Waals surface area contributed by atoms with Crippen LogP contribution in [0.4, 0.5) is 5.82 Å². The number of anilines is 1. The molecule has 1 rings (SSSR count). The third-order valence-electron chi connectivity index (χ3n) is 1.08. The molecule has 0 amide bonds. The average molecular weight is 173 g/mol. The molecule has 0 aliphatic heterocycles. The van der Waals surface area contributed by atoms with Crippen molar-refractivity contribution < 1.29 is 0 Å². The van der Waals surface area contributed by atoms with Crippen molar-refractivity contribution in [3.05, 3.63) is 17.5 Å². The van der Waals surface area contributed by atoms with Gasteiger partial charge < -0.3 is 11.1 Å². The minimum Gasteiger partial charge on any atom is -0.369 e. The molecule has 4 nitrogen and oxygen atoms in total. The van der Waals surface area contributed by atoms with E-state index in [1.165, 1.54) is 6.33 Å². The highest BCUT2D eigenvalue weighted by Crippen LogP contribution is 2.07. The van der Waals surface area contributed by atoms with Crippen LogP contribution in [0.15, 0.2) is 12.4 Å². The van der Waals surface area contributed by atoms with Crippen molar-refractivity contribution in [2.45, 2.75) is 0 Å². The van der Waals surface area contributed by atoms with Crippen LogP contribution < -0.4 is 11.1 Å². The zero-order valence-corrected chi connectivity index (χ0v) is 6.67. The molecule has 0 bridgehead atoms. The lowest BCUT2D eigenvalue weighted by Crippen LogP contribution is -2.13. The quantitative estimate of drug-likeness (QED) is 0.652. The topological polar surface area (TPSA) is 63.8 Å². The number of nitrogens with two attached hydrogens (primary N) is 1. The van der Waals surface area contributed by atoms with Gasteiger partial charge in [-0.3, -0.25) is 0 Å². The molecule has 0 aromatic carbocycles. The number of nitrogens with one attached hydrogen (secondary N) is 1. The molecule has 0 radical (unpaired) electrons. The molecule has 0 aliphatic carbocycles. The zero-order valence-electron chi connectivity index (χ0n) is 5.92. The maximum Gasteiger partial charge on any atom is 0.134 e. The second-order valence-corrected chi connectivity index (χ2v) is 2.33. The van der Waals surface area contributed by atoms with E-state index in [1.54, 1.807) is 6.07 Å². The van der Waals surface area contributed by atoms with E-state index in [2.05, 4.69) is 15.3 Å². The highest BCUT2D eigenvalue weighted by molar-refractivity contribution is 6.29. The summed E-state index contributed by atoms with van der Waals surface area (Å²) in [5, 5.41) is 3.40. The van der Waals surface area contributed by atoms with E-state index in [1.807, 2.05) is 0 Å². The second-order valence-electron chi connectivity index (χ2n) is 1.94. The smallest absolute Gasteiger partial charge is 0.134 e. The van der Waals surface area contributed by atoms with Crippen molar-refractivity contribution in [2.24, 2.45) is 5.73 Å². The summed E-state index contributed by atoms with van der Waals surface area (Å²) >= 11 is 5.60. The van der Waals surface area contributed by atoms with E-state index in [0.717, 1.165) is 0 Å². The van der Waals surface area contributed by atoms with Crippen molar-refractivity contribution >= 4 is 17.4 Å². The highest BCUT2D eigenvalue weighted by atomic mass is 35.5. The van der Waals surface area contributed by atoms with Crippen LogP contribution in [0, 0.1) is 0 Å². The van der Waals surface area contributed by atoms with Gasteiger partial charge in [0, 0.05) is 19.2 Å². The van der Waals surface area contributed by atoms with Gasteiger partial charge in [-0.05, 0) is 0 Å². The van der Waals surface area contributed by atoms with E-state index in [4.69, 9.17) is 17.3 Å². The Morgan fingerprint density at radius 3 is 3.00 bits per heavy atom. The first kappa shape index (κ1) is 8.23. The number of hydrogen-bond acceptors (Lipinski definition) is 4. The number of hydrogen-bond donors (Lipinski definition) is 2. The summed E-state index contributed by atoms with van der Waals surface area (Å²) in [6.45, 7) is 1.26. The monoisotopic (exact) mass is 172 g/mol. The molecule has 1 heterocycles. The number of aromatic nitrogens is 2.